The number of aryl methyl sites for hydroxylation is 1. The molecule has 1 rings (SSSR count). The Morgan fingerprint density at radius 3 is 2.65 bits per heavy atom. The van der Waals surface area contributed by atoms with E-state index in [-0.39, 0.29) is 18.0 Å². The average molecular weight is 296 g/mol. The number of likely N-dealkylation sites (N-methyl/N-ethyl adjacent to an activating group) is 1. The lowest BCUT2D eigenvalue weighted by Gasteiger charge is -2.23. The van der Waals surface area contributed by atoms with E-state index in [1.165, 1.54) is 13.1 Å². The Labute approximate surface area is 120 Å². The summed E-state index contributed by atoms with van der Waals surface area (Å²) in [6, 6.07) is 4.47. The largest absolute Gasteiger partial charge is 0.395 e. The third-order valence-corrected chi connectivity index (χ3v) is 5.03. The number of aliphatic hydroxyl groups excluding tert-OH is 1. The minimum atomic E-state index is -3.70. The van der Waals surface area contributed by atoms with Crippen LogP contribution in [0.3, 0.4) is 0 Å². The summed E-state index contributed by atoms with van der Waals surface area (Å²) in [5, 5.41) is 9.12. The molecule has 20 heavy (non-hydrogen) atoms. The maximum atomic E-state index is 12.5. The molecule has 0 bridgehead atoms. The fraction of sp³-hybridized carbons (Fsp3) is 0.429. The van der Waals surface area contributed by atoms with Gasteiger partial charge in [-0.25, -0.2) is 8.42 Å². The molecule has 0 spiro atoms. The van der Waals surface area contributed by atoms with E-state index in [4.69, 9.17) is 10.8 Å². The van der Waals surface area contributed by atoms with Gasteiger partial charge < -0.3 is 10.8 Å². The van der Waals surface area contributed by atoms with Crippen LogP contribution < -0.4 is 5.73 Å². The second-order valence-electron chi connectivity index (χ2n) is 4.56. The second-order valence-corrected chi connectivity index (χ2v) is 6.52. The number of benzene rings is 1. The maximum absolute atomic E-state index is 12.5. The lowest BCUT2D eigenvalue weighted by Crippen LogP contribution is -2.37. The van der Waals surface area contributed by atoms with Crippen LogP contribution in [0.1, 0.15) is 18.1 Å². The number of rotatable bonds is 4. The lowest BCUT2D eigenvalue weighted by molar-refractivity contribution is 0.214. The van der Waals surface area contributed by atoms with E-state index in [0.29, 0.717) is 5.56 Å². The minimum absolute atomic E-state index is 0.131. The molecule has 0 saturated heterocycles. The van der Waals surface area contributed by atoms with Gasteiger partial charge in [-0.15, -0.1) is 0 Å². The third-order valence-electron chi connectivity index (χ3n) is 3.00. The molecule has 0 saturated carbocycles. The summed E-state index contributed by atoms with van der Waals surface area (Å²) in [5.74, 6) is 5.46. The Morgan fingerprint density at radius 2 is 2.10 bits per heavy atom. The summed E-state index contributed by atoms with van der Waals surface area (Å²) in [4.78, 5) is 0.131. The summed E-state index contributed by atoms with van der Waals surface area (Å²) in [6.07, 6.45) is 0. The average Bonchev–Trinajstić information content (AvgIpc) is 2.43. The van der Waals surface area contributed by atoms with Gasteiger partial charge in [0.05, 0.1) is 18.0 Å². The molecule has 0 heterocycles. The van der Waals surface area contributed by atoms with Crippen molar-refractivity contribution >= 4 is 10.0 Å². The van der Waals surface area contributed by atoms with Crippen molar-refractivity contribution in [2.75, 3.05) is 20.2 Å². The van der Waals surface area contributed by atoms with Crippen molar-refractivity contribution in [2.45, 2.75) is 24.8 Å². The van der Waals surface area contributed by atoms with Crippen molar-refractivity contribution < 1.29 is 13.5 Å². The molecule has 0 amide bonds. The number of aliphatic hydroxyl groups is 1. The summed E-state index contributed by atoms with van der Waals surface area (Å²) in [6.45, 7) is 3.42. The quantitative estimate of drug-likeness (QED) is 0.783. The molecule has 0 radical (unpaired) electrons. The van der Waals surface area contributed by atoms with E-state index in [0.717, 1.165) is 9.87 Å². The number of sulfonamides is 1. The SMILES string of the molecule is Cc1ccc(S(=O)(=O)N(C)C(C)CO)c(C#CCN)c1. The Bertz CT molecular complexity index is 630. The van der Waals surface area contributed by atoms with Gasteiger partial charge in [-0.05, 0) is 31.5 Å². The van der Waals surface area contributed by atoms with Crippen molar-refractivity contribution in [2.24, 2.45) is 5.73 Å². The summed E-state index contributed by atoms with van der Waals surface area (Å²) < 4.78 is 26.2. The van der Waals surface area contributed by atoms with Gasteiger partial charge in [0.25, 0.3) is 0 Å². The zero-order valence-electron chi connectivity index (χ0n) is 11.9. The summed E-state index contributed by atoms with van der Waals surface area (Å²) >= 11 is 0. The number of hydrogen-bond acceptors (Lipinski definition) is 4. The minimum Gasteiger partial charge on any atom is -0.395 e. The zero-order valence-corrected chi connectivity index (χ0v) is 12.7. The molecule has 1 aromatic carbocycles. The zero-order chi connectivity index (χ0) is 15.3. The Hall–Kier alpha value is -1.39. The van der Waals surface area contributed by atoms with Crippen LogP contribution in [-0.4, -0.2) is 44.1 Å². The first-order valence-electron chi connectivity index (χ1n) is 6.23. The van der Waals surface area contributed by atoms with Gasteiger partial charge in [-0.2, -0.15) is 4.31 Å². The van der Waals surface area contributed by atoms with Crippen LogP contribution in [0.25, 0.3) is 0 Å². The van der Waals surface area contributed by atoms with Gasteiger partial charge in [0.15, 0.2) is 0 Å². The van der Waals surface area contributed by atoms with Gasteiger partial charge in [0, 0.05) is 18.7 Å². The van der Waals surface area contributed by atoms with Crippen LogP contribution >= 0.6 is 0 Å². The molecule has 1 atom stereocenters. The maximum Gasteiger partial charge on any atom is 0.244 e. The highest BCUT2D eigenvalue weighted by Gasteiger charge is 2.27. The predicted molar refractivity (Wildman–Crippen MR) is 78.6 cm³/mol. The Morgan fingerprint density at radius 1 is 1.45 bits per heavy atom. The van der Waals surface area contributed by atoms with E-state index in [2.05, 4.69) is 11.8 Å². The highest BCUT2D eigenvalue weighted by atomic mass is 32.2. The van der Waals surface area contributed by atoms with Crippen LogP contribution in [0.4, 0.5) is 0 Å². The number of nitrogens with zero attached hydrogens (tertiary/aromatic N) is 1. The highest BCUT2D eigenvalue weighted by molar-refractivity contribution is 7.89. The van der Waals surface area contributed by atoms with Crippen molar-refractivity contribution in [3.05, 3.63) is 29.3 Å². The second kappa shape index (κ2) is 6.86. The van der Waals surface area contributed by atoms with E-state index < -0.39 is 16.1 Å². The third kappa shape index (κ3) is 3.58. The van der Waals surface area contributed by atoms with E-state index in [9.17, 15) is 8.42 Å². The van der Waals surface area contributed by atoms with Gasteiger partial charge in [0.1, 0.15) is 0 Å². The first-order chi connectivity index (χ1) is 9.34. The molecular formula is C14H20N2O3S. The molecule has 0 aliphatic carbocycles. The normalized spacial score (nSPS) is 12.9. The molecule has 1 unspecified atom stereocenters. The molecule has 110 valence electrons. The number of hydrogen-bond donors (Lipinski definition) is 2. The molecule has 1 aromatic rings. The molecule has 5 nitrogen and oxygen atoms in total. The predicted octanol–water partition coefficient (Wildman–Crippen LogP) is 0.307. The van der Waals surface area contributed by atoms with E-state index in [1.807, 2.05) is 6.92 Å². The van der Waals surface area contributed by atoms with Crippen molar-refractivity contribution in [1.82, 2.24) is 4.31 Å². The molecule has 0 aromatic heterocycles. The fourth-order valence-electron chi connectivity index (χ4n) is 1.62. The van der Waals surface area contributed by atoms with Crippen LogP contribution in [0, 0.1) is 18.8 Å². The Kier molecular flexibility index (Phi) is 5.72. The topological polar surface area (TPSA) is 83.6 Å². The molecule has 0 aliphatic heterocycles. The first kappa shape index (κ1) is 16.7. The fourth-order valence-corrected chi connectivity index (χ4v) is 3.10. The smallest absolute Gasteiger partial charge is 0.244 e. The molecule has 3 N–H and O–H groups in total. The monoisotopic (exact) mass is 296 g/mol. The van der Waals surface area contributed by atoms with Gasteiger partial charge in [0.2, 0.25) is 10.0 Å². The lowest BCUT2D eigenvalue weighted by atomic mass is 10.1. The molecule has 6 heteroatoms. The number of nitrogens with two attached hydrogens (primary N) is 1. The highest BCUT2D eigenvalue weighted by Crippen LogP contribution is 2.21. The van der Waals surface area contributed by atoms with Crippen molar-refractivity contribution in [3.63, 3.8) is 0 Å². The van der Waals surface area contributed by atoms with Gasteiger partial charge >= 0.3 is 0 Å². The molecule has 0 fully saturated rings. The standard InChI is InChI=1S/C14H20N2O3S/c1-11-6-7-14(13(9-11)5-4-8-15)20(18,19)16(3)12(2)10-17/h6-7,9,12,17H,8,10,15H2,1-3H3. The van der Waals surface area contributed by atoms with E-state index >= 15 is 0 Å². The molecular weight excluding hydrogens is 276 g/mol. The first-order valence-corrected chi connectivity index (χ1v) is 7.67. The van der Waals surface area contributed by atoms with Crippen LogP contribution in [-0.2, 0) is 10.0 Å². The summed E-state index contributed by atoms with van der Waals surface area (Å²) in [7, 11) is -2.26. The van der Waals surface area contributed by atoms with Crippen LogP contribution in [0.2, 0.25) is 0 Å². The van der Waals surface area contributed by atoms with Crippen molar-refractivity contribution in [3.8, 4) is 11.8 Å². The summed E-state index contributed by atoms with van der Waals surface area (Å²) in [5.41, 5.74) is 6.68. The Balaban J connectivity index is 3.38. The van der Waals surface area contributed by atoms with Gasteiger partial charge in [-0.3, -0.25) is 0 Å². The van der Waals surface area contributed by atoms with E-state index in [1.54, 1.807) is 19.1 Å². The van der Waals surface area contributed by atoms with Crippen molar-refractivity contribution in [1.29, 1.82) is 0 Å². The van der Waals surface area contributed by atoms with Crippen LogP contribution in [0.15, 0.2) is 23.1 Å². The molecule has 0 aliphatic rings. The van der Waals surface area contributed by atoms with Crippen LogP contribution in [0.5, 0.6) is 0 Å². The van der Waals surface area contributed by atoms with Gasteiger partial charge in [-0.1, -0.05) is 17.9 Å².